The first-order chi connectivity index (χ1) is 14.6. The molecule has 2 aromatic heterocycles. The van der Waals surface area contributed by atoms with Crippen LogP contribution in [-0.2, 0) is 10.3 Å². The first-order valence-corrected chi connectivity index (χ1v) is 10.7. The van der Waals surface area contributed by atoms with Crippen molar-refractivity contribution in [2.45, 2.75) is 30.4 Å². The molecule has 154 valence electrons. The van der Waals surface area contributed by atoms with Gasteiger partial charge in [0.1, 0.15) is 5.54 Å². The van der Waals surface area contributed by atoms with E-state index in [2.05, 4.69) is 28.2 Å². The Bertz CT molecular complexity index is 1110. The molecule has 1 N–H and O–H groups in total. The fourth-order valence-electron chi connectivity index (χ4n) is 5.29. The number of rotatable bonds is 1. The lowest BCUT2D eigenvalue weighted by Gasteiger charge is -2.41. The van der Waals surface area contributed by atoms with Crippen LogP contribution in [0.3, 0.4) is 0 Å². The fourth-order valence-corrected chi connectivity index (χ4v) is 5.46. The molecule has 6 rings (SSSR count). The lowest BCUT2D eigenvalue weighted by atomic mass is 9.79. The summed E-state index contributed by atoms with van der Waals surface area (Å²) in [4.78, 5) is 14.5. The molecule has 1 atom stereocenters. The molecule has 0 aliphatic carbocycles. The minimum atomic E-state index is -0.297. The Balaban J connectivity index is 1.26. The molecular weight excluding hydrogens is 402 g/mol. The van der Waals surface area contributed by atoms with Gasteiger partial charge in [-0.25, -0.2) is 0 Å². The summed E-state index contributed by atoms with van der Waals surface area (Å²) in [6.07, 6.45) is 6.12. The lowest BCUT2D eigenvalue weighted by molar-refractivity contribution is -0.0396. The minimum Gasteiger partial charge on any atom is -0.459 e. The van der Waals surface area contributed by atoms with E-state index in [1.165, 1.54) is 12.0 Å². The van der Waals surface area contributed by atoms with Crippen LogP contribution in [0.4, 0.5) is 5.69 Å². The number of amides is 1. The monoisotopic (exact) mass is 423 g/mol. The van der Waals surface area contributed by atoms with Gasteiger partial charge in [0.2, 0.25) is 0 Å². The van der Waals surface area contributed by atoms with Gasteiger partial charge in [0.25, 0.3) is 5.91 Å². The zero-order valence-electron chi connectivity index (χ0n) is 16.4. The predicted molar refractivity (Wildman–Crippen MR) is 113 cm³/mol. The smallest absolute Gasteiger partial charge is 0.289 e. The Kier molecular flexibility index (Phi) is 3.86. The number of nitrogens with zero attached hydrogens (tertiary/aromatic N) is 2. The molecule has 0 radical (unpaired) electrons. The number of carbonyl (C=O) groups is 1. The molecule has 3 aliphatic heterocycles. The van der Waals surface area contributed by atoms with E-state index in [9.17, 15) is 4.79 Å². The number of hydrogen-bond acceptors (Lipinski definition) is 4. The van der Waals surface area contributed by atoms with Gasteiger partial charge in [0.15, 0.2) is 5.76 Å². The number of likely N-dealkylation sites (tertiary alicyclic amines) is 1. The summed E-state index contributed by atoms with van der Waals surface area (Å²) in [5.41, 5.74) is 2.80. The number of fused-ring (bicyclic) bond motifs is 4. The molecule has 0 unspecified atom stereocenters. The first-order valence-electron chi connectivity index (χ1n) is 10.3. The van der Waals surface area contributed by atoms with Crippen LogP contribution in [0, 0.1) is 0 Å². The van der Waals surface area contributed by atoms with Crippen LogP contribution in [0.25, 0.3) is 5.69 Å². The minimum absolute atomic E-state index is 0.0456. The molecule has 7 heteroatoms. The molecule has 3 aromatic rings. The Morgan fingerprint density at radius 3 is 2.80 bits per heavy atom. The van der Waals surface area contributed by atoms with E-state index in [4.69, 9.17) is 20.8 Å². The molecule has 30 heavy (non-hydrogen) atoms. The second-order valence-electron chi connectivity index (χ2n) is 8.55. The number of ether oxygens (including phenoxy) is 1. The summed E-state index contributed by atoms with van der Waals surface area (Å²) in [7, 11) is 0. The van der Waals surface area contributed by atoms with Gasteiger partial charge in [-0.1, -0.05) is 11.6 Å². The van der Waals surface area contributed by atoms with Gasteiger partial charge in [-0.3, -0.25) is 4.79 Å². The number of piperidine rings is 1. The third-order valence-electron chi connectivity index (χ3n) is 6.77. The number of hydrogen-bond donors (Lipinski definition) is 1. The largest absolute Gasteiger partial charge is 0.459 e. The summed E-state index contributed by atoms with van der Waals surface area (Å²) in [6.45, 7) is 1.92. The van der Waals surface area contributed by atoms with Crippen molar-refractivity contribution in [2.75, 3.05) is 25.0 Å². The quantitative estimate of drug-likeness (QED) is 0.628. The average Bonchev–Trinajstić information content (AvgIpc) is 3.49. The van der Waals surface area contributed by atoms with Crippen LogP contribution < -0.4 is 5.32 Å². The van der Waals surface area contributed by atoms with Gasteiger partial charge in [-0.2, -0.15) is 0 Å². The highest BCUT2D eigenvalue weighted by Crippen LogP contribution is 2.50. The normalized spacial score (nSPS) is 24.0. The van der Waals surface area contributed by atoms with Crippen molar-refractivity contribution >= 4 is 23.2 Å². The molecule has 1 amide bonds. The van der Waals surface area contributed by atoms with Crippen molar-refractivity contribution in [1.29, 1.82) is 0 Å². The highest BCUT2D eigenvalue weighted by molar-refractivity contribution is 6.31. The summed E-state index contributed by atoms with van der Waals surface area (Å²) in [5, 5.41) is 4.47. The van der Waals surface area contributed by atoms with E-state index in [-0.39, 0.29) is 17.0 Å². The molecule has 5 heterocycles. The van der Waals surface area contributed by atoms with Crippen LogP contribution in [0.5, 0.6) is 0 Å². The maximum Gasteiger partial charge on any atom is 0.289 e. The predicted octanol–water partition coefficient (Wildman–Crippen LogP) is 4.44. The standard InChI is InChI=1S/C23H22ClN3O3/c24-16-5-6-18-17(13-16)25-23(20-4-1-9-27(18)20)14-22(30-15-23)7-10-26(11-8-22)21(28)19-3-2-12-29-19/h1-6,9,12-13,25H,7-8,10-11,14-15H2/t23-/m0/s1. The van der Waals surface area contributed by atoms with Gasteiger partial charge >= 0.3 is 0 Å². The summed E-state index contributed by atoms with van der Waals surface area (Å²) >= 11 is 6.28. The highest BCUT2D eigenvalue weighted by Gasteiger charge is 2.54. The van der Waals surface area contributed by atoms with Crippen LogP contribution in [-0.4, -0.2) is 40.7 Å². The molecule has 6 nitrogen and oxygen atoms in total. The Morgan fingerprint density at radius 2 is 2.00 bits per heavy atom. The van der Waals surface area contributed by atoms with E-state index in [0.29, 0.717) is 30.5 Å². The summed E-state index contributed by atoms with van der Waals surface area (Å²) in [6, 6.07) is 13.7. The van der Waals surface area contributed by atoms with E-state index in [0.717, 1.165) is 30.6 Å². The van der Waals surface area contributed by atoms with E-state index in [1.807, 2.05) is 23.1 Å². The van der Waals surface area contributed by atoms with Gasteiger partial charge < -0.3 is 23.9 Å². The topological polar surface area (TPSA) is 59.6 Å². The summed E-state index contributed by atoms with van der Waals surface area (Å²) < 4.78 is 14.0. The third kappa shape index (κ3) is 2.63. The van der Waals surface area contributed by atoms with Crippen molar-refractivity contribution in [3.8, 4) is 5.69 Å². The van der Waals surface area contributed by atoms with Gasteiger partial charge in [0.05, 0.1) is 35.5 Å². The molecule has 0 saturated carbocycles. The Morgan fingerprint density at radius 1 is 1.13 bits per heavy atom. The molecule has 3 aliphatic rings. The molecule has 2 fully saturated rings. The number of aromatic nitrogens is 1. The second-order valence-corrected chi connectivity index (χ2v) is 8.99. The molecule has 1 aromatic carbocycles. The Labute approximate surface area is 179 Å². The second kappa shape index (κ2) is 6.40. The maximum atomic E-state index is 12.6. The average molecular weight is 424 g/mol. The van der Waals surface area contributed by atoms with Gasteiger partial charge in [-0.15, -0.1) is 0 Å². The lowest BCUT2D eigenvalue weighted by Crippen LogP contribution is -2.48. The van der Waals surface area contributed by atoms with E-state index in [1.54, 1.807) is 12.1 Å². The van der Waals surface area contributed by atoms with Crippen molar-refractivity contribution in [3.63, 3.8) is 0 Å². The zero-order valence-corrected chi connectivity index (χ0v) is 17.2. The highest BCUT2D eigenvalue weighted by atomic mass is 35.5. The Hall–Kier alpha value is -2.70. The maximum absolute atomic E-state index is 12.6. The third-order valence-corrected chi connectivity index (χ3v) is 7.01. The molecular formula is C23H22ClN3O3. The molecule has 2 spiro atoms. The summed E-state index contributed by atoms with van der Waals surface area (Å²) in [5.74, 6) is 0.353. The fraction of sp³-hybridized carbons (Fsp3) is 0.348. The van der Waals surface area contributed by atoms with Crippen LogP contribution in [0.2, 0.25) is 5.02 Å². The molecule has 2 saturated heterocycles. The van der Waals surface area contributed by atoms with Crippen LogP contribution >= 0.6 is 11.6 Å². The zero-order chi connectivity index (χ0) is 20.3. The number of furan rings is 1. The molecule has 0 bridgehead atoms. The van der Waals surface area contributed by atoms with E-state index < -0.39 is 0 Å². The van der Waals surface area contributed by atoms with Crippen molar-refractivity contribution in [1.82, 2.24) is 9.47 Å². The number of carbonyl (C=O) groups excluding carboxylic acids is 1. The number of nitrogens with one attached hydrogen (secondary N) is 1. The van der Waals surface area contributed by atoms with Gasteiger partial charge in [-0.05, 0) is 55.3 Å². The van der Waals surface area contributed by atoms with Crippen molar-refractivity contribution in [3.05, 3.63) is 71.4 Å². The van der Waals surface area contributed by atoms with Crippen molar-refractivity contribution < 1.29 is 13.9 Å². The first kappa shape index (κ1) is 18.1. The van der Waals surface area contributed by atoms with Crippen LogP contribution in [0.15, 0.2) is 59.3 Å². The number of benzene rings is 1. The van der Waals surface area contributed by atoms with Crippen molar-refractivity contribution in [2.24, 2.45) is 0 Å². The van der Waals surface area contributed by atoms with E-state index >= 15 is 0 Å². The van der Waals surface area contributed by atoms with Crippen LogP contribution in [0.1, 0.15) is 35.5 Å². The SMILES string of the molecule is O=C(c1ccco1)N1CCC2(CC1)C[C@@]1(CO2)Nc2cc(Cl)ccc2-n2cccc21. The van der Waals surface area contributed by atoms with Gasteiger partial charge in [0, 0.05) is 30.7 Å². The number of anilines is 1. The number of halogens is 1.